The molecule has 1 heterocycles. The maximum Gasteiger partial charge on any atom is 0.253 e. The summed E-state index contributed by atoms with van der Waals surface area (Å²) in [5, 5.41) is 0. The van der Waals surface area contributed by atoms with Gasteiger partial charge in [0.2, 0.25) is 6.41 Å². The van der Waals surface area contributed by atoms with Crippen molar-refractivity contribution in [1.82, 2.24) is 9.80 Å². The Morgan fingerprint density at radius 1 is 1.12 bits per heavy atom. The predicted octanol–water partition coefficient (Wildman–Crippen LogP) is 0.183. The first-order chi connectivity index (χ1) is 8.20. The van der Waals surface area contributed by atoms with Gasteiger partial charge in [0.1, 0.15) is 0 Å². The van der Waals surface area contributed by atoms with E-state index in [0.29, 0.717) is 37.4 Å². The smallest absolute Gasteiger partial charge is 0.253 e. The molecule has 17 heavy (non-hydrogen) atoms. The first-order valence-electron chi connectivity index (χ1n) is 5.55. The van der Waals surface area contributed by atoms with Crippen LogP contribution in [0.3, 0.4) is 0 Å². The van der Waals surface area contributed by atoms with Gasteiger partial charge < -0.3 is 15.5 Å². The van der Waals surface area contributed by atoms with Gasteiger partial charge in [-0.3, -0.25) is 9.59 Å². The number of nitrogen functional groups attached to an aromatic ring is 1. The molecule has 0 spiro atoms. The summed E-state index contributed by atoms with van der Waals surface area (Å²) in [6, 6.07) is 6.89. The molecular formula is C12H15N3O2. The van der Waals surface area contributed by atoms with Crippen LogP contribution in [-0.2, 0) is 4.79 Å². The summed E-state index contributed by atoms with van der Waals surface area (Å²) < 4.78 is 0. The molecule has 1 aromatic rings. The largest absolute Gasteiger partial charge is 0.399 e. The van der Waals surface area contributed by atoms with Crippen LogP contribution in [0.5, 0.6) is 0 Å². The molecule has 2 rings (SSSR count). The van der Waals surface area contributed by atoms with Crippen molar-refractivity contribution in [3.63, 3.8) is 0 Å². The van der Waals surface area contributed by atoms with E-state index in [-0.39, 0.29) is 5.91 Å². The van der Waals surface area contributed by atoms with E-state index in [0.717, 1.165) is 6.41 Å². The average Bonchev–Trinajstić information content (AvgIpc) is 2.39. The lowest BCUT2D eigenvalue weighted by atomic mass is 10.1. The van der Waals surface area contributed by atoms with E-state index < -0.39 is 0 Å². The number of nitrogens with zero attached hydrogens (tertiary/aromatic N) is 2. The Morgan fingerprint density at radius 3 is 2.24 bits per heavy atom. The van der Waals surface area contributed by atoms with Gasteiger partial charge in [-0.25, -0.2) is 0 Å². The molecule has 0 atom stereocenters. The van der Waals surface area contributed by atoms with Crippen LogP contribution in [0.1, 0.15) is 10.4 Å². The molecule has 90 valence electrons. The minimum atomic E-state index is -0.00412. The Labute approximate surface area is 99.8 Å². The van der Waals surface area contributed by atoms with Crippen LogP contribution in [0.4, 0.5) is 5.69 Å². The highest BCUT2D eigenvalue weighted by atomic mass is 16.2. The number of rotatable bonds is 2. The minimum absolute atomic E-state index is 0.00412. The van der Waals surface area contributed by atoms with Gasteiger partial charge in [0, 0.05) is 37.4 Å². The van der Waals surface area contributed by atoms with Crippen molar-refractivity contribution in [3.8, 4) is 0 Å². The topological polar surface area (TPSA) is 66.6 Å². The zero-order valence-electron chi connectivity index (χ0n) is 9.50. The van der Waals surface area contributed by atoms with E-state index in [4.69, 9.17) is 5.73 Å². The zero-order valence-corrected chi connectivity index (χ0v) is 9.50. The zero-order chi connectivity index (χ0) is 12.3. The Balaban J connectivity index is 2.01. The van der Waals surface area contributed by atoms with E-state index in [2.05, 4.69) is 0 Å². The number of hydrogen-bond acceptors (Lipinski definition) is 3. The highest BCUT2D eigenvalue weighted by Gasteiger charge is 2.20. The van der Waals surface area contributed by atoms with Gasteiger partial charge in [-0.15, -0.1) is 0 Å². The number of carbonyl (C=O) groups excluding carboxylic acids is 2. The predicted molar refractivity (Wildman–Crippen MR) is 64.4 cm³/mol. The van der Waals surface area contributed by atoms with Crippen molar-refractivity contribution >= 4 is 18.0 Å². The summed E-state index contributed by atoms with van der Waals surface area (Å²) in [5.41, 5.74) is 6.85. The van der Waals surface area contributed by atoms with Crippen LogP contribution in [0.15, 0.2) is 24.3 Å². The molecule has 0 bridgehead atoms. The normalized spacial score (nSPS) is 15.8. The van der Waals surface area contributed by atoms with Crippen molar-refractivity contribution in [2.75, 3.05) is 31.9 Å². The number of carbonyl (C=O) groups is 2. The summed E-state index contributed by atoms with van der Waals surface area (Å²) >= 11 is 0. The van der Waals surface area contributed by atoms with E-state index in [9.17, 15) is 9.59 Å². The second-order valence-corrected chi connectivity index (χ2v) is 4.06. The molecule has 1 aromatic carbocycles. The molecule has 0 aromatic heterocycles. The Hall–Kier alpha value is -2.04. The van der Waals surface area contributed by atoms with Gasteiger partial charge in [0.15, 0.2) is 0 Å². The first kappa shape index (κ1) is 11.4. The summed E-state index contributed by atoms with van der Waals surface area (Å²) in [5.74, 6) is -0.00412. The lowest BCUT2D eigenvalue weighted by Gasteiger charge is -2.32. The van der Waals surface area contributed by atoms with E-state index in [1.165, 1.54) is 0 Å². The van der Waals surface area contributed by atoms with Crippen molar-refractivity contribution in [1.29, 1.82) is 0 Å². The lowest BCUT2D eigenvalue weighted by Crippen LogP contribution is -2.48. The lowest BCUT2D eigenvalue weighted by molar-refractivity contribution is -0.119. The van der Waals surface area contributed by atoms with Gasteiger partial charge in [-0.1, -0.05) is 0 Å². The van der Waals surface area contributed by atoms with Crippen LogP contribution in [-0.4, -0.2) is 48.3 Å². The van der Waals surface area contributed by atoms with Crippen molar-refractivity contribution in [2.45, 2.75) is 0 Å². The highest BCUT2D eigenvalue weighted by Crippen LogP contribution is 2.10. The number of hydrogen-bond donors (Lipinski definition) is 1. The molecule has 5 nitrogen and oxygen atoms in total. The van der Waals surface area contributed by atoms with Gasteiger partial charge in [0.05, 0.1) is 0 Å². The molecule has 1 saturated heterocycles. The van der Waals surface area contributed by atoms with Crippen LogP contribution in [0.2, 0.25) is 0 Å². The number of nitrogens with two attached hydrogens (primary N) is 1. The van der Waals surface area contributed by atoms with Crippen LogP contribution in [0, 0.1) is 0 Å². The average molecular weight is 233 g/mol. The fraction of sp³-hybridized carbons (Fsp3) is 0.333. The fourth-order valence-electron chi connectivity index (χ4n) is 1.84. The van der Waals surface area contributed by atoms with Gasteiger partial charge in [-0.2, -0.15) is 0 Å². The quantitative estimate of drug-likeness (QED) is 0.585. The van der Waals surface area contributed by atoms with Crippen LogP contribution in [0.25, 0.3) is 0 Å². The fourth-order valence-corrected chi connectivity index (χ4v) is 1.84. The monoisotopic (exact) mass is 233 g/mol. The molecule has 0 saturated carbocycles. The Kier molecular flexibility index (Phi) is 3.27. The molecule has 0 aliphatic carbocycles. The molecule has 5 heteroatoms. The third-order valence-corrected chi connectivity index (χ3v) is 2.91. The van der Waals surface area contributed by atoms with E-state index in [1.807, 2.05) is 0 Å². The minimum Gasteiger partial charge on any atom is -0.399 e. The Morgan fingerprint density at radius 2 is 1.71 bits per heavy atom. The summed E-state index contributed by atoms with van der Waals surface area (Å²) in [4.78, 5) is 26.1. The van der Waals surface area contributed by atoms with Crippen molar-refractivity contribution < 1.29 is 9.59 Å². The standard InChI is InChI=1S/C12H15N3O2/c13-11-3-1-10(2-4-11)12(17)15-7-5-14(9-16)6-8-15/h1-4,9H,5-8,13H2. The van der Waals surface area contributed by atoms with Crippen molar-refractivity contribution in [3.05, 3.63) is 29.8 Å². The number of benzene rings is 1. The number of piperazine rings is 1. The molecular weight excluding hydrogens is 218 g/mol. The molecule has 1 fully saturated rings. The molecule has 2 amide bonds. The maximum atomic E-state index is 12.1. The second kappa shape index (κ2) is 4.86. The summed E-state index contributed by atoms with van der Waals surface area (Å²) in [6.45, 7) is 2.37. The number of amides is 2. The Bertz CT molecular complexity index is 408. The van der Waals surface area contributed by atoms with Gasteiger partial charge in [-0.05, 0) is 24.3 Å². The van der Waals surface area contributed by atoms with E-state index in [1.54, 1.807) is 34.1 Å². The van der Waals surface area contributed by atoms with Crippen LogP contribution < -0.4 is 5.73 Å². The molecule has 1 aliphatic rings. The van der Waals surface area contributed by atoms with E-state index >= 15 is 0 Å². The van der Waals surface area contributed by atoms with Crippen molar-refractivity contribution in [2.24, 2.45) is 0 Å². The van der Waals surface area contributed by atoms with Crippen LogP contribution >= 0.6 is 0 Å². The molecule has 0 radical (unpaired) electrons. The molecule has 0 unspecified atom stereocenters. The summed E-state index contributed by atoms with van der Waals surface area (Å²) in [7, 11) is 0. The van der Waals surface area contributed by atoms with Gasteiger partial charge in [0.25, 0.3) is 5.91 Å². The number of anilines is 1. The highest BCUT2D eigenvalue weighted by molar-refractivity contribution is 5.94. The molecule has 2 N–H and O–H groups in total. The maximum absolute atomic E-state index is 12.1. The van der Waals surface area contributed by atoms with Gasteiger partial charge >= 0.3 is 0 Å². The molecule has 1 aliphatic heterocycles. The summed E-state index contributed by atoms with van der Waals surface area (Å²) in [6.07, 6.45) is 0.824. The first-order valence-corrected chi connectivity index (χ1v) is 5.55. The SMILES string of the molecule is Nc1ccc(C(=O)N2CCN(C=O)CC2)cc1. The second-order valence-electron chi connectivity index (χ2n) is 4.06. The third-order valence-electron chi connectivity index (χ3n) is 2.91. The third kappa shape index (κ3) is 2.55.